The number of carbonyl (C=O) groups is 2. The number of halogens is 2. The topological polar surface area (TPSA) is 70.2 Å². The Bertz CT molecular complexity index is 588. The molecule has 2 aliphatic heterocycles. The molecule has 0 unspecified atom stereocenters. The highest BCUT2D eigenvalue weighted by molar-refractivity contribution is 5.98. The Morgan fingerprint density at radius 3 is 2.82 bits per heavy atom. The third kappa shape index (κ3) is 3.56. The summed E-state index contributed by atoms with van der Waals surface area (Å²) in [6.45, 7) is 0.806. The van der Waals surface area contributed by atoms with E-state index in [-0.39, 0.29) is 36.0 Å². The van der Waals surface area contributed by atoms with E-state index in [4.69, 9.17) is 0 Å². The van der Waals surface area contributed by atoms with Crippen molar-refractivity contribution in [2.45, 2.75) is 38.1 Å². The van der Waals surface area contributed by atoms with Crippen LogP contribution in [0.15, 0.2) is 12.1 Å². The maximum atomic E-state index is 14.1. The Morgan fingerprint density at radius 1 is 1.27 bits per heavy atom. The number of amides is 2. The van der Waals surface area contributed by atoms with Crippen molar-refractivity contribution in [3.63, 3.8) is 0 Å². The Kier molecular flexibility index (Phi) is 5.37. The maximum absolute atomic E-state index is 14.1. The molecule has 1 atom stereocenters. The van der Waals surface area contributed by atoms with Crippen LogP contribution in [0, 0.1) is 5.82 Å². The summed E-state index contributed by atoms with van der Waals surface area (Å²) in [7, 11) is 0. The van der Waals surface area contributed by atoms with Crippen LogP contribution in [0.3, 0.4) is 0 Å². The van der Waals surface area contributed by atoms with Crippen molar-refractivity contribution in [3.05, 3.63) is 23.5 Å². The van der Waals surface area contributed by atoms with E-state index in [2.05, 4.69) is 16.0 Å². The van der Waals surface area contributed by atoms with Crippen molar-refractivity contribution in [2.75, 3.05) is 17.2 Å². The lowest BCUT2D eigenvalue weighted by Gasteiger charge is -2.23. The van der Waals surface area contributed by atoms with Gasteiger partial charge in [0.25, 0.3) is 0 Å². The predicted molar refractivity (Wildman–Crippen MR) is 84.9 cm³/mol. The van der Waals surface area contributed by atoms with E-state index in [1.165, 1.54) is 12.1 Å². The summed E-state index contributed by atoms with van der Waals surface area (Å²) < 4.78 is 14.1. The number of anilines is 2. The third-order valence-corrected chi connectivity index (χ3v) is 3.97. The number of aryl methyl sites for hydroxylation is 1. The van der Waals surface area contributed by atoms with Crippen LogP contribution in [0.1, 0.15) is 31.2 Å². The molecule has 0 spiro atoms. The standard InChI is InChI=1S/C15H18FN3O2.ClH/c16-10-7-9-4-5-14(20)18-12(9)8-13(10)19-15(21)11-3-1-2-6-17-11;/h7-8,11,17H,1-6H2,(H,18,20)(H,19,21);1H/t11-;/m1./s1. The number of hydrogen-bond donors (Lipinski definition) is 3. The quantitative estimate of drug-likeness (QED) is 0.780. The molecule has 2 heterocycles. The van der Waals surface area contributed by atoms with Crippen molar-refractivity contribution >= 4 is 35.6 Å². The summed E-state index contributed by atoms with van der Waals surface area (Å²) in [6.07, 6.45) is 3.70. The molecule has 5 nitrogen and oxygen atoms in total. The fraction of sp³-hybridized carbons (Fsp3) is 0.467. The Balaban J connectivity index is 0.00000176. The molecule has 1 fully saturated rings. The first kappa shape index (κ1) is 16.7. The highest BCUT2D eigenvalue weighted by Gasteiger charge is 2.23. The van der Waals surface area contributed by atoms with Gasteiger partial charge < -0.3 is 16.0 Å². The van der Waals surface area contributed by atoms with Gasteiger partial charge in [-0.2, -0.15) is 0 Å². The van der Waals surface area contributed by atoms with Gasteiger partial charge in [0.05, 0.1) is 11.7 Å². The van der Waals surface area contributed by atoms with Crippen molar-refractivity contribution < 1.29 is 14.0 Å². The van der Waals surface area contributed by atoms with Gasteiger partial charge in [0.15, 0.2) is 0 Å². The minimum Gasteiger partial charge on any atom is -0.326 e. The molecule has 0 aromatic heterocycles. The smallest absolute Gasteiger partial charge is 0.241 e. The number of benzene rings is 1. The molecule has 0 radical (unpaired) electrons. The van der Waals surface area contributed by atoms with Crippen LogP contribution < -0.4 is 16.0 Å². The van der Waals surface area contributed by atoms with Crippen LogP contribution >= 0.6 is 12.4 Å². The third-order valence-electron chi connectivity index (χ3n) is 3.97. The molecule has 1 aromatic carbocycles. The second-order valence-electron chi connectivity index (χ2n) is 5.53. The van der Waals surface area contributed by atoms with Gasteiger partial charge in [-0.3, -0.25) is 9.59 Å². The molecule has 1 saturated heterocycles. The highest BCUT2D eigenvalue weighted by atomic mass is 35.5. The number of carbonyl (C=O) groups excluding carboxylic acids is 2. The zero-order valence-corrected chi connectivity index (χ0v) is 12.9. The second-order valence-corrected chi connectivity index (χ2v) is 5.53. The lowest BCUT2D eigenvalue weighted by atomic mass is 10.0. The van der Waals surface area contributed by atoms with Crippen molar-refractivity contribution in [3.8, 4) is 0 Å². The molecular formula is C15H19ClFN3O2. The fourth-order valence-corrected chi connectivity index (χ4v) is 2.79. The van der Waals surface area contributed by atoms with Gasteiger partial charge in [0, 0.05) is 12.1 Å². The fourth-order valence-electron chi connectivity index (χ4n) is 2.79. The molecule has 1 aromatic rings. The maximum Gasteiger partial charge on any atom is 0.241 e. The summed E-state index contributed by atoms with van der Waals surface area (Å²) in [5, 5.41) is 8.45. The van der Waals surface area contributed by atoms with E-state index < -0.39 is 5.82 Å². The first-order valence-corrected chi connectivity index (χ1v) is 7.30. The zero-order chi connectivity index (χ0) is 14.8. The second kappa shape index (κ2) is 7.07. The number of nitrogens with one attached hydrogen (secondary N) is 3. The first-order valence-electron chi connectivity index (χ1n) is 7.30. The number of hydrogen-bond acceptors (Lipinski definition) is 3. The van der Waals surface area contributed by atoms with E-state index in [1.54, 1.807) is 0 Å². The lowest BCUT2D eigenvalue weighted by molar-refractivity contribution is -0.118. The van der Waals surface area contributed by atoms with Gasteiger partial charge in [-0.15, -0.1) is 12.4 Å². The first-order chi connectivity index (χ1) is 10.1. The van der Waals surface area contributed by atoms with Crippen molar-refractivity contribution in [2.24, 2.45) is 0 Å². The van der Waals surface area contributed by atoms with E-state index in [0.717, 1.165) is 31.4 Å². The zero-order valence-electron chi connectivity index (χ0n) is 12.1. The van der Waals surface area contributed by atoms with Gasteiger partial charge in [0.1, 0.15) is 5.82 Å². The van der Waals surface area contributed by atoms with Gasteiger partial charge in [-0.1, -0.05) is 6.42 Å². The number of fused-ring (bicyclic) bond motifs is 1. The summed E-state index contributed by atoms with van der Waals surface area (Å²) in [5.74, 6) is -0.773. The van der Waals surface area contributed by atoms with Crippen LogP contribution in [0.5, 0.6) is 0 Å². The number of piperidine rings is 1. The molecule has 22 heavy (non-hydrogen) atoms. The van der Waals surface area contributed by atoms with Crippen molar-refractivity contribution in [1.29, 1.82) is 0 Å². The number of rotatable bonds is 2. The van der Waals surface area contributed by atoms with E-state index >= 15 is 0 Å². The summed E-state index contributed by atoms with van der Waals surface area (Å²) >= 11 is 0. The normalized spacial score (nSPS) is 20.4. The molecule has 0 aliphatic carbocycles. The summed E-state index contributed by atoms with van der Waals surface area (Å²) in [5.41, 5.74) is 1.47. The van der Waals surface area contributed by atoms with Crippen LogP contribution in [0.2, 0.25) is 0 Å². The Labute approximate surface area is 134 Å². The van der Waals surface area contributed by atoms with E-state index in [1.807, 2.05) is 0 Å². The summed E-state index contributed by atoms with van der Waals surface area (Å²) in [6, 6.07) is 2.62. The Morgan fingerprint density at radius 2 is 2.09 bits per heavy atom. The largest absolute Gasteiger partial charge is 0.326 e. The van der Waals surface area contributed by atoms with Gasteiger partial charge in [-0.25, -0.2) is 4.39 Å². The molecule has 0 bridgehead atoms. The molecule has 0 saturated carbocycles. The van der Waals surface area contributed by atoms with Crippen LogP contribution in [0.4, 0.5) is 15.8 Å². The van der Waals surface area contributed by atoms with E-state index in [0.29, 0.717) is 18.5 Å². The molecular weight excluding hydrogens is 309 g/mol. The van der Waals surface area contributed by atoms with Gasteiger partial charge in [0.2, 0.25) is 11.8 Å². The molecule has 2 aliphatic rings. The average molecular weight is 328 g/mol. The van der Waals surface area contributed by atoms with Crippen LogP contribution in [-0.4, -0.2) is 24.4 Å². The minimum atomic E-state index is -0.464. The molecule has 3 rings (SSSR count). The molecule has 7 heteroatoms. The summed E-state index contributed by atoms with van der Waals surface area (Å²) in [4.78, 5) is 23.5. The van der Waals surface area contributed by atoms with Crippen LogP contribution in [-0.2, 0) is 16.0 Å². The van der Waals surface area contributed by atoms with E-state index in [9.17, 15) is 14.0 Å². The van der Waals surface area contributed by atoms with Gasteiger partial charge >= 0.3 is 0 Å². The van der Waals surface area contributed by atoms with Gasteiger partial charge in [-0.05, 0) is 43.5 Å². The minimum absolute atomic E-state index is 0. The lowest BCUT2D eigenvalue weighted by Crippen LogP contribution is -2.43. The highest BCUT2D eigenvalue weighted by Crippen LogP contribution is 2.28. The predicted octanol–water partition coefficient (Wildman–Crippen LogP) is 2.21. The monoisotopic (exact) mass is 327 g/mol. The SMILES string of the molecule is Cl.O=C1CCc2cc(F)c(NC(=O)[C@H]3CCCCN3)cc2N1. The molecule has 3 N–H and O–H groups in total. The molecule has 120 valence electrons. The van der Waals surface area contributed by atoms with Crippen molar-refractivity contribution in [1.82, 2.24) is 5.32 Å². The van der Waals surface area contributed by atoms with Crippen LogP contribution in [0.25, 0.3) is 0 Å². The Hall–Kier alpha value is -1.66. The molecule has 2 amide bonds. The average Bonchev–Trinajstić information content (AvgIpc) is 2.49.